The number of amides is 1. The minimum Gasteiger partial charge on any atom is -0.362 e. The molecular formula is C30H29F3N4O3S. The van der Waals surface area contributed by atoms with Gasteiger partial charge in [0.2, 0.25) is 0 Å². The molecule has 0 bridgehead atoms. The highest BCUT2D eigenvalue weighted by Gasteiger charge is 2.32. The van der Waals surface area contributed by atoms with Crippen molar-refractivity contribution in [2.45, 2.75) is 30.8 Å². The van der Waals surface area contributed by atoms with Crippen molar-refractivity contribution >= 4 is 33.6 Å². The highest BCUT2D eigenvalue weighted by Crippen LogP contribution is 2.29. The average Bonchev–Trinajstić information content (AvgIpc) is 2.96. The third-order valence-corrected chi connectivity index (χ3v) is 8.30. The second kappa shape index (κ2) is 12.4. The van der Waals surface area contributed by atoms with E-state index in [0.717, 1.165) is 5.39 Å². The van der Waals surface area contributed by atoms with Crippen molar-refractivity contribution in [3.63, 3.8) is 0 Å². The van der Waals surface area contributed by atoms with Gasteiger partial charge in [0.05, 0.1) is 10.4 Å². The highest BCUT2D eigenvalue weighted by molar-refractivity contribution is 7.80. The third-order valence-electron chi connectivity index (χ3n) is 7.28. The lowest BCUT2D eigenvalue weighted by Crippen LogP contribution is -2.54. The fourth-order valence-electron chi connectivity index (χ4n) is 5.11. The predicted molar refractivity (Wildman–Crippen MR) is 151 cm³/mol. The van der Waals surface area contributed by atoms with Gasteiger partial charge in [-0.05, 0) is 50.2 Å². The van der Waals surface area contributed by atoms with Gasteiger partial charge in [-0.1, -0.05) is 18.2 Å². The molecule has 1 saturated heterocycles. The van der Waals surface area contributed by atoms with Crippen molar-refractivity contribution in [3.05, 3.63) is 102 Å². The number of nitrogens with zero attached hydrogens (tertiary/aromatic N) is 3. The van der Waals surface area contributed by atoms with Crippen molar-refractivity contribution < 1.29 is 26.4 Å². The average molecular weight is 583 g/mol. The molecule has 0 saturated carbocycles. The number of nitrogens with one attached hydrogen (secondary N) is 1. The summed E-state index contributed by atoms with van der Waals surface area (Å²) in [4.78, 5) is 21.6. The van der Waals surface area contributed by atoms with Crippen molar-refractivity contribution in [1.82, 2.24) is 14.8 Å². The first-order valence-corrected chi connectivity index (χ1v) is 14.2. The summed E-state index contributed by atoms with van der Waals surface area (Å²) in [6.07, 6.45) is 1.64. The van der Waals surface area contributed by atoms with Crippen LogP contribution in [0.4, 0.5) is 18.9 Å². The molecule has 1 N–H and O–H groups in total. The van der Waals surface area contributed by atoms with E-state index in [9.17, 15) is 22.2 Å². The molecule has 11 heteroatoms. The molecule has 0 spiro atoms. The standard InChI is InChI=1S/C30H29F3N4O3S/c1-19-17-36(20(2)28-25(32)15-23(31)16-26(28)33)13-14-37(19)30(38)22-8-10-24(11-9-22)35-18-40-41(39)27-7-3-5-21-6-4-12-34-29(21)27/h3-12,15-16,19-20,35H,13-14,17-18H2,1-2H3/t19-,20?,41?/m0/s1. The number of piperazine rings is 1. The fourth-order valence-corrected chi connectivity index (χ4v) is 5.92. The predicted octanol–water partition coefficient (Wildman–Crippen LogP) is 5.67. The lowest BCUT2D eigenvalue weighted by Gasteiger charge is -2.42. The molecule has 4 aromatic rings. The first-order valence-electron chi connectivity index (χ1n) is 13.1. The Balaban J connectivity index is 1.15. The molecule has 2 unspecified atom stereocenters. The number of rotatable bonds is 8. The van der Waals surface area contributed by atoms with Crippen LogP contribution >= 0.6 is 0 Å². The summed E-state index contributed by atoms with van der Waals surface area (Å²) in [7, 11) is 0. The van der Waals surface area contributed by atoms with Crippen LogP contribution in [0.25, 0.3) is 10.9 Å². The fraction of sp³-hybridized carbons (Fsp3) is 0.267. The van der Waals surface area contributed by atoms with E-state index in [1.165, 1.54) is 0 Å². The first kappa shape index (κ1) is 28.7. The Kier molecular flexibility index (Phi) is 8.67. The molecule has 214 valence electrons. The van der Waals surface area contributed by atoms with E-state index in [2.05, 4.69) is 10.3 Å². The van der Waals surface area contributed by atoms with Crippen molar-refractivity contribution in [1.29, 1.82) is 0 Å². The minimum absolute atomic E-state index is 0.0183. The van der Waals surface area contributed by atoms with Gasteiger partial charge in [0.25, 0.3) is 5.91 Å². The number of fused-ring (bicyclic) bond motifs is 1. The van der Waals surface area contributed by atoms with Gasteiger partial charge in [-0.2, -0.15) is 0 Å². The lowest BCUT2D eigenvalue weighted by molar-refractivity contribution is 0.0397. The monoisotopic (exact) mass is 582 g/mol. The Morgan fingerprint density at radius 3 is 2.49 bits per heavy atom. The highest BCUT2D eigenvalue weighted by atomic mass is 32.2. The maximum absolute atomic E-state index is 14.3. The number of pyridine rings is 1. The molecule has 41 heavy (non-hydrogen) atoms. The SMILES string of the molecule is CC(c1c(F)cc(F)cc1F)N1CCN(C(=O)c2ccc(NCOS(=O)c3cccc4cccnc34)cc2)[C@@H](C)C1. The molecule has 1 fully saturated rings. The summed E-state index contributed by atoms with van der Waals surface area (Å²) in [5.41, 5.74) is 1.62. The second-order valence-electron chi connectivity index (χ2n) is 9.88. The number of carbonyl (C=O) groups excluding carboxylic acids is 1. The van der Waals surface area contributed by atoms with Gasteiger partial charge < -0.3 is 10.2 Å². The van der Waals surface area contributed by atoms with Crippen LogP contribution in [0.15, 0.2) is 77.8 Å². The van der Waals surface area contributed by atoms with Crippen LogP contribution in [0.5, 0.6) is 0 Å². The number of hydrogen-bond acceptors (Lipinski definition) is 6. The smallest absolute Gasteiger partial charge is 0.254 e. The Morgan fingerprint density at radius 1 is 1.07 bits per heavy atom. The summed E-state index contributed by atoms with van der Waals surface area (Å²) in [5.74, 6) is -2.95. The number of carbonyl (C=O) groups is 1. The topological polar surface area (TPSA) is 74.8 Å². The largest absolute Gasteiger partial charge is 0.362 e. The van der Waals surface area contributed by atoms with Crippen LogP contribution in [0, 0.1) is 17.5 Å². The molecule has 1 amide bonds. The summed E-state index contributed by atoms with van der Waals surface area (Å²) in [6.45, 7) is 4.73. The zero-order chi connectivity index (χ0) is 29.1. The zero-order valence-corrected chi connectivity index (χ0v) is 23.3. The lowest BCUT2D eigenvalue weighted by atomic mass is 10.0. The summed E-state index contributed by atoms with van der Waals surface area (Å²) in [6, 6.07) is 16.5. The van der Waals surface area contributed by atoms with Crippen molar-refractivity contribution in [3.8, 4) is 0 Å². The summed E-state index contributed by atoms with van der Waals surface area (Å²) < 4.78 is 60.2. The van der Waals surface area contributed by atoms with Crippen molar-refractivity contribution in [2.24, 2.45) is 0 Å². The molecule has 7 nitrogen and oxygen atoms in total. The maximum Gasteiger partial charge on any atom is 0.254 e. The quantitative estimate of drug-likeness (QED) is 0.270. The van der Waals surface area contributed by atoms with Gasteiger partial charge in [0, 0.05) is 72.2 Å². The van der Waals surface area contributed by atoms with Crippen LogP contribution in [0.1, 0.15) is 35.8 Å². The molecule has 1 aliphatic heterocycles. The summed E-state index contributed by atoms with van der Waals surface area (Å²) in [5, 5.41) is 3.91. The van der Waals surface area contributed by atoms with E-state index in [-0.39, 0.29) is 24.2 Å². The molecule has 2 heterocycles. The molecule has 5 rings (SSSR count). The van der Waals surface area contributed by atoms with E-state index in [0.29, 0.717) is 53.4 Å². The van der Waals surface area contributed by atoms with E-state index < -0.39 is 34.6 Å². The van der Waals surface area contributed by atoms with Crippen LogP contribution in [0.2, 0.25) is 0 Å². The van der Waals surface area contributed by atoms with Gasteiger partial charge in [-0.15, -0.1) is 0 Å². The number of benzene rings is 3. The molecule has 3 aromatic carbocycles. The third kappa shape index (κ3) is 6.27. The number of halogens is 3. The Morgan fingerprint density at radius 2 is 1.78 bits per heavy atom. The first-order chi connectivity index (χ1) is 19.7. The van der Waals surface area contributed by atoms with Crippen LogP contribution in [0.3, 0.4) is 0 Å². The molecule has 0 aliphatic carbocycles. The molecule has 1 aromatic heterocycles. The van der Waals surface area contributed by atoms with Crippen LogP contribution < -0.4 is 5.32 Å². The van der Waals surface area contributed by atoms with Gasteiger partial charge in [-0.3, -0.25) is 18.9 Å². The molecule has 1 aliphatic rings. The summed E-state index contributed by atoms with van der Waals surface area (Å²) >= 11 is -1.72. The van der Waals surface area contributed by atoms with Gasteiger partial charge in [0.1, 0.15) is 24.2 Å². The Labute approximate surface area is 238 Å². The van der Waals surface area contributed by atoms with Crippen molar-refractivity contribution in [2.75, 3.05) is 31.7 Å². The minimum atomic E-state index is -1.72. The second-order valence-corrected chi connectivity index (χ2v) is 11.0. The number of anilines is 1. The molecule has 3 atom stereocenters. The maximum atomic E-state index is 14.3. The molecule has 0 radical (unpaired) electrons. The Hall–Kier alpha value is -3.80. The van der Waals surface area contributed by atoms with Crippen LogP contribution in [-0.4, -0.2) is 57.3 Å². The van der Waals surface area contributed by atoms with E-state index >= 15 is 0 Å². The Bertz CT molecular complexity index is 1560. The van der Waals surface area contributed by atoms with E-state index in [4.69, 9.17) is 4.18 Å². The van der Waals surface area contributed by atoms with Gasteiger partial charge in [0.15, 0.2) is 11.1 Å². The number of aromatic nitrogens is 1. The normalized spacial score (nSPS) is 17.4. The zero-order valence-electron chi connectivity index (χ0n) is 22.5. The number of para-hydroxylation sites is 1. The van der Waals surface area contributed by atoms with Gasteiger partial charge in [-0.25, -0.2) is 17.4 Å². The van der Waals surface area contributed by atoms with Crippen LogP contribution in [-0.2, 0) is 15.3 Å². The van der Waals surface area contributed by atoms with Gasteiger partial charge >= 0.3 is 0 Å². The van der Waals surface area contributed by atoms with E-state index in [1.807, 2.05) is 30.0 Å². The number of hydrogen-bond donors (Lipinski definition) is 1. The van der Waals surface area contributed by atoms with E-state index in [1.54, 1.807) is 54.4 Å². The molecular weight excluding hydrogens is 553 g/mol.